The Balaban J connectivity index is 2.31. The molecular formula is C13H21N3O. The predicted molar refractivity (Wildman–Crippen MR) is 71.4 cm³/mol. The second kappa shape index (κ2) is 6.78. The zero-order valence-corrected chi connectivity index (χ0v) is 10.7. The maximum atomic E-state index is 5.67. The van der Waals surface area contributed by atoms with E-state index in [0.717, 1.165) is 11.3 Å². The molecule has 0 spiro atoms. The van der Waals surface area contributed by atoms with Crippen molar-refractivity contribution in [3.8, 4) is 5.75 Å². The topological polar surface area (TPSA) is 59.6 Å². The van der Waals surface area contributed by atoms with Gasteiger partial charge in [0.1, 0.15) is 12.4 Å². The minimum atomic E-state index is 0.302. The molecule has 1 rings (SSSR count). The van der Waals surface area contributed by atoms with Crippen molar-refractivity contribution in [3.63, 3.8) is 0 Å². The van der Waals surface area contributed by atoms with Crippen LogP contribution in [0.1, 0.15) is 19.4 Å². The first-order valence-electron chi connectivity index (χ1n) is 5.84. The largest absolute Gasteiger partial charge is 0.491 e. The van der Waals surface area contributed by atoms with Crippen LogP contribution in [0.2, 0.25) is 0 Å². The smallest absolute Gasteiger partial charge is 0.188 e. The highest BCUT2D eigenvalue weighted by Crippen LogP contribution is 2.15. The van der Waals surface area contributed by atoms with E-state index in [-0.39, 0.29) is 0 Å². The van der Waals surface area contributed by atoms with Crippen molar-refractivity contribution >= 4 is 5.96 Å². The number of hydrogen-bond acceptors (Lipinski definition) is 2. The average Bonchev–Trinajstić information content (AvgIpc) is 2.25. The third-order valence-electron chi connectivity index (χ3n) is 2.16. The molecule has 0 aliphatic carbocycles. The summed E-state index contributed by atoms with van der Waals surface area (Å²) in [6, 6.07) is 8.23. The van der Waals surface area contributed by atoms with Crippen molar-refractivity contribution in [3.05, 3.63) is 29.8 Å². The number of para-hydroxylation sites is 1. The van der Waals surface area contributed by atoms with Crippen LogP contribution in [-0.2, 0) is 0 Å². The molecule has 0 radical (unpaired) electrons. The van der Waals surface area contributed by atoms with Gasteiger partial charge in [0.25, 0.3) is 0 Å². The number of nitrogens with two attached hydrogens (primary N) is 1. The minimum absolute atomic E-state index is 0.302. The van der Waals surface area contributed by atoms with E-state index in [1.165, 1.54) is 0 Å². The average molecular weight is 235 g/mol. The highest BCUT2D eigenvalue weighted by Gasteiger charge is 1.97. The highest BCUT2D eigenvalue weighted by molar-refractivity contribution is 5.78. The Labute approximate surface area is 103 Å². The number of benzene rings is 1. The Hall–Kier alpha value is -1.71. The summed E-state index contributed by atoms with van der Waals surface area (Å²) in [6.45, 7) is 7.15. The van der Waals surface area contributed by atoms with Gasteiger partial charge < -0.3 is 15.8 Å². The molecule has 4 nitrogen and oxygen atoms in total. The Bertz CT molecular complexity index is 375. The fourth-order valence-electron chi connectivity index (χ4n) is 1.38. The summed E-state index contributed by atoms with van der Waals surface area (Å²) in [5.74, 6) is 1.37. The van der Waals surface area contributed by atoms with E-state index in [4.69, 9.17) is 10.5 Å². The molecule has 0 unspecified atom stereocenters. The molecule has 3 N–H and O–H groups in total. The third kappa shape index (κ3) is 5.24. The fraction of sp³-hybridized carbons (Fsp3) is 0.462. The van der Waals surface area contributed by atoms with Gasteiger partial charge in [-0.15, -0.1) is 0 Å². The summed E-state index contributed by atoms with van der Waals surface area (Å²) in [6.07, 6.45) is 0. The molecule has 0 saturated carbocycles. The van der Waals surface area contributed by atoms with Crippen molar-refractivity contribution in [2.75, 3.05) is 13.2 Å². The molecule has 0 saturated heterocycles. The number of aliphatic imine (C=N–C) groups is 1. The van der Waals surface area contributed by atoms with E-state index in [1.807, 2.05) is 45.0 Å². The first-order valence-corrected chi connectivity index (χ1v) is 5.84. The lowest BCUT2D eigenvalue weighted by atomic mass is 10.2. The van der Waals surface area contributed by atoms with Crippen LogP contribution >= 0.6 is 0 Å². The number of hydrogen-bond donors (Lipinski definition) is 2. The molecule has 1 aromatic rings. The minimum Gasteiger partial charge on any atom is -0.491 e. The number of guanidine groups is 1. The lowest BCUT2D eigenvalue weighted by Crippen LogP contribution is -2.37. The van der Waals surface area contributed by atoms with Crippen LogP contribution in [0.3, 0.4) is 0 Å². The maximum Gasteiger partial charge on any atom is 0.188 e. The van der Waals surface area contributed by atoms with Gasteiger partial charge in [-0.2, -0.15) is 0 Å². The summed E-state index contributed by atoms with van der Waals surface area (Å²) in [4.78, 5) is 4.17. The van der Waals surface area contributed by atoms with Crippen LogP contribution in [0.4, 0.5) is 0 Å². The molecule has 4 heteroatoms. The van der Waals surface area contributed by atoms with Crippen molar-refractivity contribution in [1.29, 1.82) is 0 Å². The Morgan fingerprint density at radius 3 is 2.76 bits per heavy atom. The molecule has 0 atom stereocenters. The van der Waals surface area contributed by atoms with E-state index in [9.17, 15) is 0 Å². The molecule has 0 bridgehead atoms. The van der Waals surface area contributed by atoms with Crippen LogP contribution in [0.25, 0.3) is 0 Å². The molecule has 0 heterocycles. The predicted octanol–water partition coefficient (Wildman–Crippen LogP) is 1.69. The SMILES string of the molecule is Cc1ccccc1OCCN=C(N)NC(C)C. The van der Waals surface area contributed by atoms with Crippen molar-refractivity contribution in [1.82, 2.24) is 5.32 Å². The Kier molecular flexibility index (Phi) is 5.33. The van der Waals surface area contributed by atoms with Crippen LogP contribution < -0.4 is 15.8 Å². The molecule has 0 fully saturated rings. The summed E-state index contributed by atoms with van der Waals surface area (Å²) >= 11 is 0. The van der Waals surface area contributed by atoms with Crippen LogP contribution in [0, 0.1) is 6.92 Å². The monoisotopic (exact) mass is 235 g/mol. The zero-order chi connectivity index (χ0) is 12.7. The van der Waals surface area contributed by atoms with Gasteiger partial charge in [-0.05, 0) is 32.4 Å². The van der Waals surface area contributed by atoms with Gasteiger partial charge >= 0.3 is 0 Å². The van der Waals surface area contributed by atoms with E-state index < -0.39 is 0 Å². The van der Waals surface area contributed by atoms with Gasteiger partial charge in [-0.3, -0.25) is 0 Å². The quantitative estimate of drug-likeness (QED) is 0.464. The first-order chi connectivity index (χ1) is 8.09. The number of aryl methyl sites for hydroxylation is 1. The molecule has 0 aliphatic heterocycles. The van der Waals surface area contributed by atoms with E-state index in [0.29, 0.717) is 25.2 Å². The molecule has 94 valence electrons. The van der Waals surface area contributed by atoms with E-state index in [1.54, 1.807) is 0 Å². The van der Waals surface area contributed by atoms with E-state index >= 15 is 0 Å². The van der Waals surface area contributed by atoms with Crippen molar-refractivity contribution < 1.29 is 4.74 Å². The summed E-state index contributed by atoms with van der Waals surface area (Å²) in [7, 11) is 0. The molecular weight excluding hydrogens is 214 g/mol. The lowest BCUT2D eigenvalue weighted by Gasteiger charge is -2.09. The van der Waals surface area contributed by atoms with Crippen LogP contribution in [0.5, 0.6) is 5.75 Å². The van der Waals surface area contributed by atoms with Gasteiger partial charge in [0, 0.05) is 6.04 Å². The number of ether oxygens (including phenoxy) is 1. The molecule has 0 aliphatic rings. The second-order valence-corrected chi connectivity index (χ2v) is 4.18. The van der Waals surface area contributed by atoms with Gasteiger partial charge in [0.15, 0.2) is 5.96 Å². The summed E-state index contributed by atoms with van der Waals surface area (Å²) in [5.41, 5.74) is 6.80. The third-order valence-corrected chi connectivity index (χ3v) is 2.16. The van der Waals surface area contributed by atoms with Crippen LogP contribution in [-0.4, -0.2) is 25.2 Å². The number of rotatable bonds is 5. The van der Waals surface area contributed by atoms with Gasteiger partial charge in [-0.25, -0.2) is 4.99 Å². The standard InChI is InChI=1S/C13H21N3O/c1-10(2)16-13(14)15-8-9-17-12-7-5-4-6-11(12)3/h4-7,10H,8-9H2,1-3H3,(H3,14,15,16). The fourth-order valence-corrected chi connectivity index (χ4v) is 1.38. The number of nitrogens with zero attached hydrogens (tertiary/aromatic N) is 1. The van der Waals surface area contributed by atoms with E-state index in [2.05, 4.69) is 10.3 Å². The molecule has 17 heavy (non-hydrogen) atoms. The van der Waals surface area contributed by atoms with Gasteiger partial charge in [0.05, 0.1) is 6.54 Å². The first kappa shape index (κ1) is 13.4. The molecule has 0 aromatic heterocycles. The summed E-state index contributed by atoms with van der Waals surface area (Å²) < 4.78 is 5.60. The maximum absolute atomic E-state index is 5.67. The number of nitrogens with one attached hydrogen (secondary N) is 1. The normalized spacial score (nSPS) is 11.6. The molecule has 1 aromatic carbocycles. The second-order valence-electron chi connectivity index (χ2n) is 4.18. The van der Waals surface area contributed by atoms with Gasteiger partial charge in [-0.1, -0.05) is 18.2 Å². The van der Waals surface area contributed by atoms with Crippen molar-refractivity contribution in [2.45, 2.75) is 26.8 Å². The lowest BCUT2D eigenvalue weighted by molar-refractivity contribution is 0.326. The Morgan fingerprint density at radius 1 is 1.41 bits per heavy atom. The van der Waals surface area contributed by atoms with Crippen molar-refractivity contribution in [2.24, 2.45) is 10.7 Å². The van der Waals surface area contributed by atoms with Gasteiger partial charge in [0.2, 0.25) is 0 Å². The zero-order valence-electron chi connectivity index (χ0n) is 10.7. The van der Waals surface area contributed by atoms with Crippen LogP contribution in [0.15, 0.2) is 29.3 Å². The summed E-state index contributed by atoms with van der Waals surface area (Å²) in [5, 5.41) is 3.02. The Morgan fingerprint density at radius 2 is 2.12 bits per heavy atom. The molecule has 0 amide bonds. The highest BCUT2D eigenvalue weighted by atomic mass is 16.5.